The first-order valence-electron chi connectivity index (χ1n) is 9.67. The van der Waals surface area contributed by atoms with Gasteiger partial charge in [-0.2, -0.15) is 0 Å². The molecule has 0 spiro atoms. The number of aliphatic hydroxyl groups excluding tert-OH is 1. The number of fused-ring (bicyclic) bond motifs is 1. The second-order valence-corrected chi connectivity index (χ2v) is 7.65. The number of aliphatic hydroxyl groups is 1. The number of carbonyl (C=O) groups is 1. The van der Waals surface area contributed by atoms with Crippen LogP contribution in [-0.2, 0) is 6.61 Å². The molecule has 4 rings (SSSR count). The maximum absolute atomic E-state index is 13.2. The van der Waals surface area contributed by atoms with Crippen molar-refractivity contribution in [3.8, 4) is 0 Å². The van der Waals surface area contributed by atoms with Crippen molar-refractivity contribution in [1.82, 2.24) is 4.90 Å². The molecule has 1 aliphatic heterocycles. The van der Waals surface area contributed by atoms with Crippen molar-refractivity contribution in [1.29, 1.82) is 0 Å². The summed E-state index contributed by atoms with van der Waals surface area (Å²) < 4.78 is 0. The van der Waals surface area contributed by atoms with Crippen LogP contribution in [0.25, 0.3) is 10.8 Å². The summed E-state index contributed by atoms with van der Waals surface area (Å²) >= 11 is 0. The first-order valence-corrected chi connectivity index (χ1v) is 9.67. The molecular weight excluding hydrogens is 310 g/mol. The van der Waals surface area contributed by atoms with Crippen LogP contribution in [0.15, 0.2) is 36.4 Å². The van der Waals surface area contributed by atoms with Gasteiger partial charge in [0.25, 0.3) is 0 Å². The third-order valence-corrected chi connectivity index (χ3v) is 6.07. The van der Waals surface area contributed by atoms with E-state index < -0.39 is 0 Å². The molecule has 0 radical (unpaired) electrons. The van der Waals surface area contributed by atoms with Gasteiger partial charge in [0.1, 0.15) is 0 Å². The average molecular weight is 337 g/mol. The summed E-state index contributed by atoms with van der Waals surface area (Å²) in [6, 6.07) is 12.6. The number of piperidine rings is 1. The van der Waals surface area contributed by atoms with E-state index in [2.05, 4.69) is 4.90 Å². The Hall–Kier alpha value is -1.71. The van der Waals surface area contributed by atoms with Gasteiger partial charge < -0.3 is 5.11 Å². The summed E-state index contributed by atoms with van der Waals surface area (Å²) in [5, 5.41) is 11.8. The van der Waals surface area contributed by atoms with E-state index in [0.29, 0.717) is 6.04 Å². The molecule has 1 N–H and O–H groups in total. The molecule has 1 aliphatic carbocycles. The maximum atomic E-state index is 13.2. The molecule has 1 saturated heterocycles. The van der Waals surface area contributed by atoms with Crippen molar-refractivity contribution in [2.75, 3.05) is 13.1 Å². The molecule has 132 valence electrons. The molecule has 0 amide bonds. The summed E-state index contributed by atoms with van der Waals surface area (Å²) in [4.78, 5) is 15.7. The lowest BCUT2D eigenvalue weighted by Crippen LogP contribution is -2.43. The van der Waals surface area contributed by atoms with E-state index >= 15 is 0 Å². The highest BCUT2D eigenvalue weighted by atomic mass is 16.3. The van der Waals surface area contributed by atoms with Crippen LogP contribution in [0.5, 0.6) is 0 Å². The number of hydrogen-bond acceptors (Lipinski definition) is 3. The number of likely N-dealkylation sites (tertiary alicyclic amines) is 1. The fraction of sp³-hybridized carbons (Fsp3) is 0.500. The predicted molar refractivity (Wildman–Crippen MR) is 101 cm³/mol. The molecule has 3 heteroatoms. The highest BCUT2D eigenvalue weighted by Crippen LogP contribution is 2.30. The van der Waals surface area contributed by atoms with Gasteiger partial charge in [-0.05, 0) is 60.7 Å². The number of carbonyl (C=O) groups excluding carboxylic acids is 1. The van der Waals surface area contributed by atoms with Crippen LogP contribution in [0.3, 0.4) is 0 Å². The lowest BCUT2D eigenvalue weighted by Gasteiger charge is -2.36. The molecule has 3 nitrogen and oxygen atoms in total. The molecule has 1 saturated carbocycles. The minimum absolute atomic E-state index is 0.0273. The molecule has 2 aromatic rings. The Balaban J connectivity index is 1.58. The van der Waals surface area contributed by atoms with E-state index in [4.69, 9.17) is 0 Å². The van der Waals surface area contributed by atoms with Crippen molar-refractivity contribution in [2.45, 2.75) is 51.2 Å². The number of hydrogen-bond donors (Lipinski definition) is 1. The standard InChI is InChI=1S/C22H27NO2/c24-15-19-13-18(12-16-6-1-4-10-21(16)19)22(25)17-7-5-11-23(14-17)20-8-2-3-9-20/h1,4,6,10,12-13,17,20,24H,2-3,5,7-9,11,14-15H2. The third kappa shape index (κ3) is 3.36. The van der Waals surface area contributed by atoms with Crippen LogP contribution in [0.4, 0.5) is 0 Å². The quantitative estimate of drug-likeness (QED) is 0.851. The fourth-order valence-corrected chi connectivity index (χ4v) is 4.72. The van der Waals surface area contributed by atoms with Gasteiger partial charge in [0.15, 0.2) is 5.78 Å². The fourth-order valence-electron chi connectivity index (χ4n) is 4.72. The van der Waals surface area contributed by atoms with E-state index in [1.165, 1.54) is 25.7 Å². The Morgan fingerprint density at radius 3 is 2.68 bits per heavy atom. The number of benzene rings is 2. The van der Waals surface area contributed by atoms with Gasteiger partial charge in [0.2, 0.25) is 0 Å². The van der Waals surface area contributed by atoms with Gasteiger partial charge in [-0.1, -0.05) is 37.1 Å². The summed E-state index contributed by atoms with van der Waals surface area (Å²) in [7, 11) is 0. The lowest BCUT2D eigenvalue weighted by atomic mass is 9.87. The average Bonchev–Trinajstić information content (AvgIpc) is 3.21. The zero-order valence-electron chi connectivity index (χ0n) is 14.8. The van der Waals surface area contributed by atoms with Crippen molar-refractivity contribution in [3.05, 3.63) is 47.5 Å². The first kappa shape index (κ1) is 16.7. The van der Waals surface area contributed by atoms with Crippen molar-refractivity contribution in [2.24, 2.45) is 5.92 Å². The van der Waals surface area contributed by atoms with E-state index in [1.54, 1.807) is 0 Å². The highest BCUT2D eigenvalue weighted by Gasteiger charge is 2.31. The summed E-state index contributed by atoms with van der Waals surface area (Å²) in [5.41, 5.74) is 1.62. The van der Waals surface area contributed by atoms with Crippen LogP contribution in [-0.4, -0.2) is 34.9 Å². The second-order valence-electron chi connectivity index (χ2n) is 7.65. The Kier molecular flexibility index (Phi) is 4.87. The van der Waals surface area contributed by atoms with Crippen molar-refractivity contribution < 1.29 is 9.90 Å². The number of Topliss-reactive ketones (excluding diaryl/α,β-unsaturated/α-hetero) is 1. The van der Waals surface area contributed by atoms with E-state index in [1.807, 2.05) is 36.4 Å². The zero-order valence-corrected chi connectivity index (χ0v) is 14.8. The van der Waals surface area contributed by atoms with Gasteiger partial charge in [-0.25, -0.2) is 0 Å². The first-order chi connectivity index (χ1) is 12.3. The Morgan fingerprint density at radius 1 is 1.08 bits per heavy atom. The predicted octanol–water partition coefficient (Wildman–Crippen LogP) is 4.17. The van der Waals surface area contributed by atoms with Crippen molar-refractivity contribution >= 4 is 16.6 Å². The minimum Gasteiger partial charge on any atom is -0.392 e. The SMILES string of the molecule is O=C(c1cc(CO)c2ccccc2c1)C1CCCN(C2CCCC2)C1. The molecule has 2 aliphatic rings. The minimum atomic E-state index is -0.0273. The third-order valence-electron chi connectivity index (χ3n) is 6.07. The van der Waals surface area contributed by atoms with Gasteiger partial charge in [-0.15, -0.1) is 0 Å². The van der Waals surface area contributed by atoms with Gasteiger partial charge >= 0.3 is 0 Å². The number of ketones is 1. The van der Waals surface area contributed by atoms with Crippen LogP contribution >= 0.6 is 0 Å². The monoisotopic (exact) mass is 337 g/mol. The normalized spacial score (nSPS) is 22.5. The van der Waals surface area contributed by atoms with E-state index in [-0.39, 0.29) is 18.3 Å². The van der Waals surface area contributed by atoms with Crippen LogP contribution in [0.2, 0.25) is 0 Å². The Bertz CT molecular complexity index is 764. The van der Waals surface area contributed by atoms with Gasteiger partial charge in [-0.3, -0.25) is 9.69 Å². The second kappa shape index (κ2) is 7.27. The summed E-state index contributed by atoms with van der Waals surface area (Å²) in [5.74, 6) is 0.352. The van der Waals surface area contributed by atoms with Gasteiger partial charge in [0.05, 0.1) is 6.61 Å². The lowest BCUT2D eigenvalue weighted by molar-refractivity contribution is 0.0757. The van der Waals surface area contributed by atoms with Crippen LogP contribution in [0, 0.1) is 5.92 Å². The molecule has 1 atom stereocenters. The van der Waals surface area contributed by atoms with Crippen molar-refractivity contribution in [3.63, 3.8) is 0 Å². The maximum Gasteiger partial charge on any atom is 0.167 e. The molecule has 25 heavy (non-hydrogen) atoms. The van der Waals surface area contributed by atoms with Crippen LogP contribution < -0.4 is 0 Å². The number of nitrogens with zero attached hydrogens (tertiary/aromatic N) is 1. The summed E-state index contributed by atoms with van der Waals surface area (Å²) in [6.07, 6.45) is 7.38. The smallest absolute Gasteiger partial charge is 0.167 e. The topological polar surface area (TPSA) is 40.5 Å². The molecule has 2 fully saturated rings. The molecule has 1 unspecified atom stereocenters. The Labute approximate surface area is 149 Å². The summed E-state index contributed by atoms with van der Waals surface area (Å²) in [6.45, 7) is 2.03. The molecule has 0 aromatic heterocycles. The number of rotatable bonds is 4. The van der Waals surface area contributed by atoms with E-state index in [9.17, 15) is 9.90 Å². The molecule has 2 aromatic carbocycles. The largest absolute Gasteiger partial charge is 0.392 e. The van der Waals surface area contributed by atoms with Gasteiger partial charge in [0, 0.05) is 24.1 Å². The van der Waals surface area contributed by atoms with E-state index in [0.717, 1.165) is 47.8 Å². The molecule has 1 heterocycles. The van der Waals surface area contributed by atoms with Crippen LogP contribution in [0.1, 0.15) is 54.4 Å². The highest BCUT2D eigenvalue weighted by molar-refractivity contribution is 6.02. The molecular formula is C22H27NO2. The zero-order chi connectivity index (χ0) is 17.2. The Morgan fingerprint density at radius 2 is 1.88 bits per heavy atom. The molecule has 0 bridgehead atoms.